The highest BCUT2D eigenvalue weighted by molar-refractivity contribution is 5.91. The van der Waals surface area contributed by atoms with E-state index in [2.05, 4.69) is 0 Å². The quantitative estimate of drug-likeness (QED) is 0.598. The molecule has 0 atom stereocenters. The van der Waals surface area contributed by atoms with Gasteiger partial charge in [-0.25, -0.2) is 4.79 Å². The van der Waals surface area contributed by atoms with Gasteiger partial charge in [-0.15, -0.1) is 0 Å². The number of rotatable bonds is 2. The van der Waals surface area contributed by atoms with Crippen LogP contribution in [0.2, 0.25) is 0 Å². The lowest BCUT2D eigenvalue weighted by Gasteiger charge is -2.06. The number of carbonyl (C=O) groups excluding carboxylic acids is 1. The average molecular weight is 240 g/mol. The number of hydrogen-bond acceptors (Lipinski definition) is 3. The third kappa shape index (κ3) is 2.07. The fraction of sp³-hybridized carbons (Fsp3) is 0.133. The zero-order valence-electron chi connectivity index (χ0n) is 9.76. The van der Waals surface area contributed by atoms with Crippen molar-refractivity contribution in [2.45, 2.75) is 6.42 Å². The third-order valence-electron chi connectivity index (χ3n) is 2.89. The number of esters is 1. The number of carbonyl (C=O) groups is 1. The van der Waals surface area contributed by atoms with Gasteiger partial charge in [0, 0.05) is 12.5 Å². The standard InChI is InChI=1S/C15H12O3/c16-15(12-4-2-1-3-5-12)18-13-7-6-11-8-9-17-14(11)10-13/h1-7,10H,8-9H2. The summed E-state index contributed by atoms with van der Waals surface area (Å²) in [4.78, 5) is 11.9. The van der Waals surface area contributed by atoms with Crippen molar-refractivity contribution in [2.24, 2.45) is 0 Å². The molecular weight excluding hydrogens is 228 g/mol. The molecule has 90 valence electrons. The lowest BCUT2D eigenvalue weighted by Crippen LogP contribution is -2.08. The molecule has 0 unspecified atom stereocenters. The predicted octanol–water partition coefficient (Wildman–Crippen LogP) is 2.84. The highest BCUT2D eigenvalue weighted by Crippen LogP contribution is 2.29. The van der Waals surface area contributed by atoms with Crippen LogP contribution in [0.25, 0.3) is 0 Å². The van der Waals surface area contributed by atoms with Crippen molar-refractivity contribution in [3.63, 3.8) is 0 Å². The Balaban J connectivity index is 1.79. The number of hydrogen-bond donors (Lipinski definition) is 0. The van der Waals surface area contributed by atoms with Gasteiger partial charge in [0.15, 0.2) is 0 Å². The van der Waals surface area contributed by atoms with Gasteiger partial charge in [0.25, 0.3) is 0 Å². The Bertz CT molecular complexity index is 576. The maximum Gasteiger partial charge on any atom is 0.343 e. The van der Waals surface area contributed by atoms with Gasteiger partial charge >= 0.3 is 5.97 Å². The van der Waals surface area contributed by atoms with Crippen molar-refractivity contribution in [3.8, 4) is 11.5 Å². The molecule has 3 heteroatoms. The summed E-state index contributed by atoms with van der Waals surface area (Å²) in [5.74, 6) is 0.978. The summed E-state index contributed by atoms with van der Waals surface area (Å²) in [5.41, 5.74) is 1.70. The molecule has 0 fully saturated rings. The predicted molar refractivity (Wildman–Crippen MR) is 67.0 cm³/mol. The van der Waals surface area contributed by atoms with Gasteiger partial charge in [0.05, 0.1) is 12.2 Å². The summed E-state index contributed by atoms with van der Waals surface area (Å²) in [7, 11) is 0. The van der Waals surface area contributed by atoms with Crippen LogP contribution in [0.3, 0.4) is 0 Å². The van der Waals surface area contributed by atoms with Crippen LogP contribution in [0.15, 0.2) is 48.5 Å². The van der Waals surface area contributed by atoms with Gasteiger partial charge in [-0.3, -0.25) is 0 Å². The monoisotopic (exact) mass is 240 g/mol. The summed E-state index contributed by atoms with van der Waals surface area (Å²) in [6.07, 6.45) is 0.919. The Morgan fingerprint density at radius 3 is 2.78 bits per heavy atom. The molecule has 0 radical (unpaired) electrons. The van der Waals surface area contributed by atoms with Gasteiger partial charge in [-0.1, -0.05) is 24.3 Å². The summed E-state index contributed by atoms with van der Waals surface area (Å²) in [5, 5.41) is 0. The zero-order valence-corrected chi connectivity index (χ0v) is 9.76. The first-order valence-corrected chi connectivity index (χ1v) is 5.86. The van der Waals surface area contributed by atoms with Crippen LogP contribution in [0.4, 0.5) is 0 Å². The minimum atomic E-state index is -0.353. The molecule has 0 amide bonds. The minimum absolute atomic E-state index is 0.353. The molecule has 2 aromatic carbocycles. The second-order valence-corrected chi connectivity index (χ2v) is 4.12. The van der Waals surface area contributed by atoms with E-state index in [-0.39, 0.29) is 5.97 Å². The van der Waals surface area contributed by atoms with Crippen LogP contribution in [0.5, 0.6) is 11.5 Å². The summed E-state index contributed by atoms with van der Waals surface area (Å²) in [6, 6.07) is 14.4. The molecular formula is C15H12O3. The van der Waals surface area contributed by atoms with Crippen molar-refractivity contribution < 1.29 is 14.3 Å². The van der Waals surface area contributed by atoms with Crippen LogP contribution >= 0.6 is 0 Å². The first kappa shape index (κ1) is 10.8. The van der Waals surface area contributed by atoms with E-state index < -0.39 is 0 Å². The number of ether oxygens (including phenoxy) is 2. The van der Waals surface area contributed by atoms with Crippen molar-refractivity contribution in [1.82, 2.24) is 0 Å². The summed E-state index contributed by atoms with van der Waals surface area (Å²) in [6.45, 7) is 0.700. The first-order valence-electron chi connectivity index (χ1n) is 5.86. The van der Waals surface area contributed by atoms with Crippen molar-refractivity contribution >= 4 is 5.97 Å². The van der Waals surface area contributed by atoms with Gasteiger partial charge in [-0.05, 0) is 23.8 Å². The SMILES string of the molecule is O=C(Oc1ccc2c(c1)OCC2)c1ccccc1. The van der Waals surface area contributed by atoms with Crippen LogP contribution in [-0.4, -0.2) is 12.6 Å². The molecule has 1 aliphatic heterocycles. The maximum absolute atomic E-state index is 11.9. The van der Waals surface area contributed by atoms with E-state index in [1.165, 1.54) is 0 Å². The molecule has 3 nitrogen and oxygen atoms in total. The summed E-state index contributed by atoms with van der Waals surface area (Å²) < 4.78 is 10.7. The van der Waals surface area contributed by atoms with E-state index in [9.17, 15) is 4.79 Å². The number of benzene rings is 2. The Kier molecular flexibility index (Phi) is 2.73. The zero-order chi connectivity index (χ0) is 12.4. The molecule has 0 aliphatic carbocycles. The molecule has 18 heavy (non-hydrogen) atoms. The maximum atomic E-state index is 11.9. The second-order valence-electron chi connectivity index (χ2n) is 4.12. The van der Waals surface area contributed by atoms with Crippen LogP contribution < -0.4 is 9.47 Å². The summed E-state index contributed by atoms with van der Waals surface area (Å²) >= 11 is 0. The first-order chi connectivity index (χ1) is 8.83. The molecule has 0 saturated carbocycles. The average Bonchev–Trinajstić information content (AvgIpc) is 2.87. The fourth-order valence-corrected chi connectivity index (χ4v) is 1.95. The van der Waals surface area contributed by atoms with E-state index in [0.29, 0.717) is 17.9 Å². The molecule has 0 bridgehead atoms. The largest absolute Gasteiger partial charge is 0.493 e. The van der Waals surface area contributed by atoms with E-state index >= 15 is 0 Å². The minimum Gasteiger partial charge on any atom is -0.493 e. The normalized spacial score (nSPS) is 12.7. The Morgan fingerprint density at radius 1 is 1.11 bits per heavy atom. The van der Waals surface area contributed by atoms with Crippen LogP contribution in [0, 0.1) is 0 Å². The van der Waals surface area contributed by atoms with E-state index in [0.717, 1.165) is 17.7 Å². The van der Waals surface area contributed by atoms with Crippen molar-refractivity contribution in [1.29, 1.82) is 0 Å². The fourth-order valence-electron chi connectivity index (χ4n) is 1.95. The third-order valence-corrected chi connectivity index (χ3v) is 2.89. The van der Waals surface area contributed by atoms with Crippen molar-refractivity contribution in [3.05, 3.63) is 59.7 Å². The van der Waals surface area contributed by atoms with Gasteiger partial charge in [0.2, 0.25) is 0 Å². The highest BCUT2D eigenvalue weighted by atomic mass is 16.5. The van der Waals surface area contributed by atoms with E-state index in [1.54, 1.807) is 24.3 Å². The van der Waals surface area contributed by atoms with Gasteiger partial charge < -0.3 is 9.47 Å². The molecule has 2 aromatic rings. The highest BCUT2D eigenvalue weighted by Gasteiger charge is 2.14. The Morgan fingerprint density at radius 2 is 1.94 bits per heavy atom. The van der Waals surface area contributed by atoms with E-state index in [4.69, 9.17) is 9.47 Å². The molecule has 1 aliphatic rings. The van der Waals surface area contributed by atoms with Gasteiger partial charge in [0.1, 0.15) is 11.5 Å². The topological polar surface area (TPSA) is 35.5 Å². The van der Waals surface area contributed by atoms with Crippen LogP contribution in [-0.2, 0) is 6.42 Å². The second kappa shape index (κ2) is 4.53. The molecule has 1 heterocycles. The smallest absolute Gasteiger partial charge is 0.343 e. The number of fused-ring (bicyclic) bond motifs is 1. The molecule has 3 rings (SSSR count). The van der Waals surface area contributed by atoms with Crippen molar-refractivity contribution in [2.75, 3.05) is 6.61 Å². The molecule has 0 aromatic heterocycles. The van der Waals surface area contributed by atoms with Gasteiger partial charge in [-0.2, -0.15) is 0 Å². The lowest BCUT2D eigenvalue weighted by molar-refractivity contribution is 0.0734. The molecule has 0 saturated heterocycles. The Hall–Kier alpha value is -2.29. The lowest BCUT2D eigenvalue weighted by atomic mass is 10.1. The Labute approximate surface area is 105 Å². The molecule has 0 spiro atoms. The van der Waals surface area contributed by atoms with Crippen LogP contribution in [0.1, 0.15) is 15.9 Å². The van der Waals surface area contributed by atoms with E-state index in [1.807, 2.05) is 24.3 Å². The molecule has 0 N–H and O–H groups in total.